The molecule has 0 saturated carbocycles. The van der Waals surface area contributed by atoms with E-state index >= 15 is 0 Å². The molecule has 19 heavy (non-hydrogen) atoms. The van der Waals surface area contributed by atoms with Gasteiger partial charge in [-0.15, -0.1) is 11.3 Å². The number of carbonyl (C=O) groups excluding carboxylic acids is 2. The minimum Gasteiger partial charge on any atom is -0.465 e. The van der Waals surface area contributed by atoms with Crippen LogP contribution in [0.5, 0.6) is 0 Å². The van der Waals surface area contributed by atoms with Crippen molar-refractivity contribution in [1.82, 2.24) is 0 Å². The lowest BCUT2D eigenvalue weighted by atomic mass is 10.2. The van der Waals surface area contributed by atoms with E-state index in [1.54, 1.807) is 20.8 Å². The Labute approximate surface area is 113 Å². The molecule has 1 aromatic heterocycles. The van der Waals surface area contributed by atoms with Gasteiger partial charge in [0.1, 0.15) is 10.5 Å². The molecular formula is C11H13NO6S. The van der Waals surface area contributed by atoms with Crippen molar-refractivity contribution >= 4 is 29.0 Å². The molecule has 0 amide bonds. The molecule has 0 unspecified atom stereocenters. The van der Waals surface area contributed by atoms with E-state index in [-0.39, 0.29) is 9.75 Å². The lowest BCUT2D eigenvalue weighted by molar-refractivity contribution is -0.384. The average Bonchev–Trinajstić information content (AvgIpc) is 2.70. The standard InChI is InChI=1S/C11H13NO6S/c1-11(2,3)18-10(14)8-6(12(15)16)5-7(19-8)9(13)17-4/h5H,1-4H3. The Bertz CT molecular complexity index is 528. The molecule has 1 heterocycles. The van der Waals surface area contributed by atoms with Crippen LogP contribution < -0.4 is 0 Å². The summed E-state index contributed by atoms with van der Waals surface area (Å²) in [6.45, 7) is 4.93. The van der Waals surface area contributed by atoms with Crippen molar-refractivity contribution < 1.29 is 24.0 Å². The zero-order valence-electron chi connectivity index (χ0n) is 10.9. The van der Waals surface area contributed by atoms with Crippen molar-refractivity contribution in [3.05, 3.63) is 25.9 Å². The first-order valence-electron chi connectivity index (χ1n) is 5.25. The number of thiophene rings is 1. The van der Waals surface area contributed by atoms with Crippen LogP contribution in [-0.2, 0) is 9.47 Å². The molecule has 0 fully saturated rings. The predicted molar refractivity (Wildman–Crippen MR) is 67.5 cm³/mol. The highest BCUT2D eigenvalue weighted by atomic mass is 32.1. The first-order chi connectivity index (χ1) is 8.65. The molecule has 8 heteroatoms. The Balaban J connectivity index is 3.18. The number of hydrogen-bond donors (Lipinski definition) is 0. The van der Waals surface area contributed by atoms with E-state index < -0.39 is 28.2 Å². The van der Waals surface area contributed by atoms with Crippen LogP contribution in [0.1, 0.15) is 40.1 Å². The van der Waals surface area contributed by atoms with Gasteiger partial charge >= 0.3 is 11.9 Å². The largest absolute Gasteiger partial charge is 0.465 e. The lowest BCUT2D eigenvalue weighted by Gasteiger charge is -2.18. The van der Waals surface area contributed by atoms with Gasteiger partial charge in [-0.05, 0) is 20.8 Å². The van der Waals surface area contributed by atoms with Gasteiger partial charge in [0, 0.05) is 6.07 Å². The molecule has 1 rings (SSSR count). The van der Waals surface area contributed by atoms with Gasteiger partial charge in [0.05, 0.1) is 12.0 Å². The van der Waals surface area contributed by atoms with Crippen LogP contribution in [0.4, 0.5) is 5.69 Å². The van der Waals surface area contributed by atoms with Gasteiger partial charge in [-0.2, -0.15) is 0 Å². The van der Waals surface area contributed by atoms with Crippen LogP contribution in [0.2, 0.25) is 0 Å². The number of nitrogens with zero attached hydrogens (tertiary/aromatic N) is 1. The van der Waals surface area contributed by atoms with Gasteiger partial charge in [-0.3, -0.25) is 10.1 Å². The van der Waals surface area contributed by atoms with Crippen molar-refractivity contribution in [3.63, 3.8) is 0 Å². The number of rotatable bonds is 3. The number of carbonyl (C=O) groups is 2. The van der Waals surface area contributed by atoms with Gasteiger partial charge in [0.15, 0.2) is 4.88 Å². The quantitative estimate of drug-likeness (QED) is 0.481. The summed E-state index contributed by atoms with van der Waals surface area (Å²) in [5, 5.41) is 10.9. The van der Waals surface area contributed by atoms with E-state index in [0.29, 0.717) is 11.3 Å². The van der Waals surface area contributed by atoms with Crippen molar-refractivity contribution in [2.75, 3.05) is 7.11 Å². The first kappa shape index (κ1) is 15.1. The second kappa shape index (κ2) is 5.35. The number of hydrogen-bond acceptors (Lipinski definition) is 7. The Hall–Kier alpha value is -1.96. The van der Waals surface area contributed by atoms with Gasteiger partial charge in [-0.1, -0.05) is 0 Å². The van der Waals surface area contributed by atoms with E-state index in [4.69, 9.17) is 4.74 Å². The molecule has 0 radical (unpaired) electrons. The molecule has 0 saturated heterocycles. The normalized spacial score (nSPS) is 10.9. The van der Waals surface area contributed by atoms with E-state index in [0.717, 1.165) is 13.2 Å². The van der Waals surface area contributed by atoms with Crippen molar-refractivity contribution in [3.8, 4) is 0 Å². The van der Waals surface area contributed by atoms with Gasteiger partial charge in [0.2, 0.25) is 0 Å². The minimum absolute atomic E-state index is 0.0185. The summed E-state index contributed by atoms with van der Waals surface area (Å²) in [6, 6.07) is 1.01. The molecule has 0 N–H and O–H groups in total. The fraction of sp³-hybridized carbons (Fsp3) is 0.455. The SMILES string of the molecule is COC(=O)c1cc([N+](=O)[O-])c(C(=O)OC(C)(C)C)s1. The molecule has 1 aromatic rings. The molecule has 7 nitrogen and oxygen atoms in total. The molecular weight excluding hydrogens is 274 g/mol. The molecule has 104 valence electrons. The zero-order chi connectivity index (χ0) is 14.8. The second-order valence-electron chi connectivity index (χ2n) is 4.58. The fourth-order valence-corrected chi connectivity index (χ4v) is 2.11. The van der Waals surface area contributed by atoms with Crippen LogP contribution >= 0.6 is 11.3 Å². The number of methoxy groups -OCH3 is 1. The topological polar surface area (TPSA) is 95.7 Å². The Morgan fingerprint density at radius 2 is 1.89 bits per heavy atom. The maximum absolute atomic E-state index is 11.8. The van der Waals surface area contributed by atoms with Crippen LogP contribution in [0.15, 0.2) is 6.07 Å². The molecule has 0 aliphatic carbocycles. The lowest BCUT2D eigenvalue weighted by Crippen LogP contribution is -2.23. The summed E-state index contributed by atoms with van der Waals surface area (Å²) < 4.78 is 9.52. The highest BCUT2D eigenvalue weighted by molar-refractivity contribution is 7.16. The predicted octanol–water partition coefficient (Wildman–Crippen LogP) is 2.40. The fourth-order valence-electron chi connectivity index (χ4n) is 1.19. The van der Waals surface area contributed by atoms with Gasteiger partial charge in [0.25, 0.3) is 5.69 Å². The summed E-state index contributed by atoms with van der Waals surface area (Å²) in [6.07, 6.45) is 0. The maximum atomic E-state index is 11.8. The zero-order valence-corrected chi connectivity index (χ0v) is 11.7. The highest BCUT2D eigenvalue weighted by Gasteiger charge is 2.30. The second-order valence-corrected chi connectivity index (χ2v) is 5.63. The molecule has 0 aliphatic rings. The van der Waals surface area contributed by atoms with E-state index in [9.17, 15) is 19.7 Å². The Morgan fingerprint density at radius 1 is 1.32 bits per heavy atom. The van der Waals surface area contributed by atoms with Gasteiger partial charge in [-0.25, -0.2) is 9.59 Å². The molecule has 0 spiro atoms. The number of ether oxygens (including phenoxy) is 2. The van der Waals surface area contributed by atoms with E-state index in [1.165, 1.54) is 0 Å². The monoisotopic (exact) mass is 287 g/mol. The third kappa shape index (κ3) is 3.75. The Kier molecular flexibility index (Phi) is 4.25. The van der Waals surface area contributed by atoms with Crippen molar-refractivity contribution in [1.29, 1.82) is 0 Å². The molecule has 0 bridgehead atoms. The summed E-state index contributed by atoms with van der Waals surface area (Å²) in [7, 11) is 1.15. The summed E-state index contributed by atoms with van der Waals surface area (Å²) in [4.78, 5) is 33.1. The summed E-state index contributed by atoms with van der Waals surface area (Å²) >= 11 is 0.679. The number of esters is 2. The van der Waals surface area contributed by atoms with Gasteiger partial charge < -0.3 is 9.47 Å². The highest BCUT2D eigenvalue weighted by Crippen LogP contribution is 2.31. The summed E-state index contributed by atoms with van der Waals surface area (Å²) in [5.74, 6) is -1.57. The van der Waals surface area contributed by atoms with Crippen molar-refractivity contribution in [2.45, 2.75) is 26.4 Å². The molecule has 0 aromatic carbocycles. The first-order valence-corrected chi connectivity index (χ1v) is 6.07. The minimum atomic E-state index is -0.834. The van der Waals surface area contributed by atoms with Crippen LogP contribution in [0.25, 0.3) is 0 Å². The molecule has 0 aliphatic heterocycles. The van der Waals surface area contributed by atoms with Crippen molar-refractivity contribution in [2.24, 2.45) is 0 Å². The third-order valence-electron chi connectivity index (χ3n) is 1.88. The van der Waals surface area contributed by atoms with Crippen LogP contribution in [0, 0.1) is 10.1 Å². The van der Waals surface area contributed by atoms with Crippen LogP contribution in [0.3, 0.4) is 0 Å². The third-order valence-corrected chi connectivity index (χ3v) is 2.96. The smallest absolute Gasteiger partial charge is 0.356 e. The van der Waals surface area contributed by atoms with Crippen LogP contribution in [-0.4, -0.2) is 29.6 Å². The molecule has 0 atom stereocenters. The average molecular weight is 287 g/mol. The Morgan fingerprint density at radius 3 is 2.32 bits per heavy atom. The van der Waals surface area contributed by atoms with E-state index in [1.807, 2.05) is 0 Å². The summed E-state index contributed by atoms with van der Waals surface area (Å²) in [5.41, 5.74) is -1.24. The maximum Gasteiger partial charge on any atom is 0.356 e. The number of nitro groups is 1. The van der Waals surface area contributed by atoms with E-state index in [2.05, 4.69) is 4.74 Å².